The second kappa shape index (κ2) is 20.4. The number of rotatable bonds is 19. The second-order valence-electron chi connectivity index (χ2n) is 12.8. The van der Waals surface area contributed by atoms with Crippen molar-refractivity contribution < 1.29 is 53.2 Å². The number of hydrogen-bond acceptors (Lipinski definition) is 11. The second-order valence-corrected chi connectivity index (χ2v) is 12.8. The summed E-state index contributed by atoms with van der Waals surface area (Å²) < 4.78 is 5.37. The number of benzene rings is 2. The summed E-state index contributed by atoms with van der Waals surface area (Å²) in [5.41, 5.74) is 0.239. The van der Waals surface area contributed by atoms with E-state index in [-0.39, 0.29) is 49.7 Å². The number of aliphatic carboxylic acids is 1. The third-order valence-corrected chi connectivity index (χ3v) is 8.68. The number of amides is 5. The normalized spacial score (nSPS) is 14.8. The first-order valence-electron chi connectivity index (χ1n) is 17.4. The molecule has 0 spiro atoms. The standard InChI is InChI=1S/C36H46N6O12/c1-23(2)40(36(50)54-27-16-14-26(15-17-27)42(51)52)22-30(43)29-13-9-21-39(29)35(49)28(12-8-20-37-34(48)25-10-6-5-7-11-25)38-33(47)24(3)41(53-4)31(44)18-19-32(45)46/h5-7,10-11,14-17,23-24,28-29H,8-9,12-13,18-22H2,1-4H3,(H,37,48)(H,38,47)(H,45,46)/t24-,28-,29-/m0/s1. The molecular formula is C36H46N6O12. The van der Waals surface area contributed by atoms with Gasteiger partial charge in [0, 0.05) is 43.2 Å². The number of hydrogen-bond donors (Lipinski definition) is 3. The summed E-state index contributed by atoms with van der Waals surface area (Å²) in [6.45, 7) is 4.58. The largest absolute Gasteiger partial charge is 0.481 e. The molecule has 2 aromatic carbocycles. The Morgan fingerprint density at radius 1 is 1.00 bits per heavy atom. The van der Waals surface area contributed by atoms with Gasteiger partial charge in [-0.15, -0.1) is 0 Å². The smallest absolute Gasteiger partial charge is 0.415 e. The maximum Gasteiger partial charge on any atom is 0.415 e. The van der Waals surface area contributed by atoms with E-state index in [2.05, 4.69) is 10.6 Å². The van der Waals surface area contributed by atoms with Crippen molar-refractivity contribution in [2.75, 3.05) is 26.7 Å². The van der Waals surface area contributed by atoms with Gasteiger partial charge in [0.25, 0.3) is 11.6 Å². The van der Waals surface area contributed by atoms with Crippen LogP contribution in [0.1, 0.15) is 69.7 Å². The van der Waals surface area contributed by atoms with E-state index >= 15 is 0 Å². The average molecular weight is 755 g/mol. The molecule has 0 unspecified atom stereocenters. The summed E-state index contributed by atoms with van der Waals surface area (Å²) in [5, 5.41) is 26.1. The number of carboxylic acids is 1. The maximum atomic E-state index is 14.1. The van der Waals surface area contributed by atoms with Crippen molar-refractivity contribution >= 4 is 47.2 Å². The molecule has 3 rings (SSSR count). The van der Waals surface area contributed by atoms with Crippen molar-refractivity contribution in [3.8, 4) is 5.75 Å². The molecule has 1 heterocycles. The van der Waals surface area contributed by atoms with Crippen LogP contribution in [0, 0.1) is 10.1 Å². The summed E-state index contributed by atoms with van der Waals surface area (Å²) in [6, 6.07) is 9.40. The van der Waals surface area contributed by atoms with E-state index in [4.69, 9.17) is 14.7 Å². The maximum absolute atomic E-state index is 14.1. The van der Waals surface area contributed by atoms with Crippen LogP contribution in [0.2, 0.25) is 0 Å². The molecule has 2 aromatic rings. The summed E-state index contributed by atoms with van der Waals surface area (Å²) in [7, 11) is 1.14. The number of ketones is 1. The molecule has 292 valence electrons. The lowest BCUT2D eigenvalue weighted by molar-refractivity contribution is -0.384. The van der Waals surface area contributed by atoms with Crippen molar-refractivity contribution in [1.82, 2.24) is 25.5 Å². The molecule has 0 aromatic heterocycles. The number of carbonyl (C=O) groups is 7. The van der Waals surface area contributed by atoms with Gasteiger partial charge in [-0.05, 0) is 70.7 Å². The predicted molar refractivity (Wildman–Crippen MR) is 191 cm³/mol. The highest BCUT2D eigenvalue weighted by Crippen LogP contribution is 2.23. The van der Waals surface area contributed by atoms with Crippen LogP contribution in [0.25, 0.3) is 0 Å². The SMILES string of the molecule is CON(C(=O)CCC(=O)O)[C@@H](C)C(=O)N[C@@H](CCCNC(=O)c1ccccc1)C(=O)N1CCC[C@H]1C(=O)CN(C(=O)Oc1ccc([N+](=O)[O-])cc1)C(C)C. The first-order chi connectivity index (χ1) is 25.6. The van der Waals surface area contributed by atoms with Crippen molar-refractivity contribution in [3.63, 3.8) is 0 Å². The third-order valence-electron chi connectivity index (χ3n) is 8.68. The lowest BCUT2D eigenvalue weighted by Crippen LogP contribution is -2.56. The molecule has 0 saturated carbocycles. The third kappa shape index (κ3) is 12.1. The van der Waals surface area contributed by atoms with E-state index in [9.17, 15) is 43.7 Å². The Hall–Kier alpha value is -5.91. The molecular weight excluding hydrogens is 708 g/mol. The van der Waals surface area contributed by atoms with Crippen LogP contribution < -0.4 is 15.4 Å². The van der Waals surface area contributed by atoms with Gasteiger partial charge in [-0.1, -0.05) is 18.2 Å². The van der Waals surface area contributed by atoms with Crippen LogP contribution in [-0.4, -0.2) is 117 Å². The Bertz CT molecular complexity index is 1670. The van der Waals surface area contributed by atoms with Gasteiger partial charge in [0.05, 0.1) is 31.0 Å². The molecule has 1 aliphatic heterocycles. The lowest BCUT2D eigenvalue weighted by Gasteiger charge is -2.32. The Labute approximate surface area is 311 Å². The molecule has 3 N–H and O–H groups in total. The van der Waals surface area contributed by atoms with Crippen LogP contribution in [0.5, 0.6) is 5.75 Å². The fraction of sp³-hybridized carbons (Fsp3) is 0.472. The number of Topliss-reactive ketones (excluding diaryl/α,β-unsaturated/α-hetero) is 1. The van der Waals surface area contributed by atoms with Gasteiger partial charge in [-0.3, -0.25) is 48.6 Å². The summed E-state index contributed by atoms with van der Waals surface area (Å²) in [4.78, 5) is 109. The topological polar surface area (TPSA) is 235 Å². The van der Waals surface area contributed by atoms with Crippen LogP contribution in [0.3, 0.4) is 0 Å². The van der Waals surface area contributed by atoms with Gasteiger partial charge < -0.3 is 25.4 Å². The van der Waals surface area contributed by atoms with Crippen LogP contribution in [-0.2, 0) is 28.8 Å². The highest BCUT2D eigenvalue weighted by Gasteiger charge is 2.39. The molecule has 18 heteroatoms. The van der Waals surface area contributed by atoms with Crippen molar-refractivity contribution in [3.05, 3.63) is 70.3 Å². The fourth-order valence-electron chi connectivity index (χ4n) is 5.75. The van der Waals surface area contributed by atoms with Crippen LogP contribution in [0.15, 0.2) is 54.6 Å². The number of nitrogens with zero attached hydrogens (tertiary/aromatic N) is 4. The molecule has 18 nitrogen and oxygen atoms in total. The lowest BCUT2D eigenvalue weighted by atomic mass is 10.1. The molecule has 1 saturated heterocycles. The van der Waals surface area contributed by atoms with Gasteiger partial charge >= 0.3 is 12.1 Å². The fourth-order valence-corrected chi connectivity index (χ4v) is 5.75. The number of nitro groups is 1. The first-order valence-corrected chi connectivity index (χ1v) is 17.4. The number of ether oxygens (including phenoxy) is 1. The molecule has 5 amide bonds. The minimum absolute atomic E-state index is 0.0311. The Balaban J connectivity index is 1.75. The minimum Gasteiger partial charge on any atom is -0.481 e. The van der Waals surface area contributed by atoms with Gasteiger partial charge in [-0.25, -0.2) is 9.86 Å². The average Bonchev–Trinajstić information content (AvgIpc) is 3.64. The first kappa shape index (κ1) is 42.5. The van der Waals surface area contributed by atoms with E-state index in [0.717, 1.165) is 12.2 Å². The predicted octanol–water partition coefficient (Wildman–Crippen LogP) is 2.70. The van der Waals surface area contributed by atoms with Gasteiger partial charge in [0.2, 0.25) is 17.7 Å². The Morgan fingerprint density at radius 3 is 2.26 bits per heavy atom. The Kier molecular flexibility index (Phi) is 16.0. The number of nitrogens with one attached hydrogen (secondary N) is 2. The number of non-ortho nitro benzene ring substituents is 1. The molecule has 0 radical (unpaired) electrons. The molecule has 1 aliphatic rings. The van der Waals surface area contributed by atoms with Crippen LogP contribution in [0.4, 0.5) is 10.5 Å². The minimum atomic E-state index is -1.28. The number of likely N-dealkylation sites (tertiary alicyclic amines) is 1. The van der Waals surface area contributed by atoms with Crippen molar-refractivity contribution in [2.45, 2.75) is 83.5 Å². The summed E-state index contributed by atoms with van der Waals surface area (Å²) >= 11 is 0. The number of carbonyl (C=O) groups excluding carboxylic acids is 6. The zero-order valence-corrected chi connectivity index (χ0v) is 30.6. The summed E-state index contributed by atoms with van der Waals surface area (Å²) in [5.74, 6) is -4.11. The monoisotopic (exact) mass is 754 g/mol. The van der Waals surface area contributed by atoms with E-state index in [1.165, 1.54) is 41.0 Å². The molecule has 1 fully saturated rings. The van der Waals surface area contributed by atoms with Crippen molar-refractivity contribution in [2.24, 2.45) is 0 Å². The van der Waals surface area contributed by atoms with Crippen molar-refractivity contribution in [1.29, 1.82) is 0 Å². The van der Waals surface area contributed by atoms with Crippen LogP contribution >= 0.6 is 0 Å². The number of nitro benzene ring substituents is 1. The number of hydroxylamine groups is 2. The van der Waals surface area contributed by atoms with E-state index in [1.54, 1.807) is 44.2 Å². The quantitative estimate of drug-likeness (QED) is 0.107. The van der Waals surface area contributed by atoms with Gasteiger partial charge in [0.15, 0.2) is 5.78 Å². The molecule has 54 heavy (non-hydrogen) atoms. The highest BCUT2D eigenvalue weighted by atomic mass is 16.7. The molecule has 3 atom stereocenters. The zero-order chi connectivity index (χ0) is 39.9. The van der Waals surface area contributed by atoms with E-state index in [1.807, 2.05) is 0 Å². The van der Waals surface area contributed by atoms with Gasteiger partial charge in [-0.2, -0.15) is 0 Å². The van der Waals surface area contributed by atoms with Gasteiger partial charge in [0.1, 0.15) is 17.8 Å². The highest BCUT2D eigenvalue weighted by molar-refractivity contribution is 5.96. The summed E-state index contributed by atoms with van der Waals surface area (Å²) in [6.07, 6.45) is -0.793. The molecule has 0 aliphatic carbocycles. The number of carboxylic acid groups (broad SMARTS) is 1. The Morgan fingerprint density at radius 2 is 1.67 bits per heavy atom. The van der Waals surface area contributed by atoms with E-state index in [0.29, 0.717) is 12.0 Å². The van der Waals surface area contributed by atoms with E-state index < -0.39 is 84.0 Å². The zero-order valence-electron chi connectivity index (χ0n) is 30.6. The molecule has 0 bridgehead atoms.